The van der Waals surface area contributed by atoms with Crippen molar-refractivity contribution in [3.8, 4) is 0 Å². The van der Waals surface area contributed by atoms with Crippen molar-refractivity contribution in [1.82, 2.24) is 16.0 Å². The molecule has 5 nitrogen and oxygen atoms in total. The first kappa shape index (κ1) is 23.0. The molecule has 27 heavy (non-hydrogen) atoms. The average Bonchev–Trinajstić information content (AvgIpc) is 2.64. The Morgan fingerprint density at radius 1 is 0.926 bits per heavy atom. The summed E-state index contributed by atoms with van der Waals surface area (Å²) in [5.74, 6) is 0.690. The van der Waals surface area contributed by atoms with E-state index in [0.717, 1.165) is 18.1 Å². The Hall–Kier alpha value is -2.09. The van der Waals surface area contributed by atoms with E-state index in [1.807, 2.05) is 38.1 Å². The molecule has 0 radical (unpaired) electrons. The van der Waals surface area contributed by atoms with E-state index in [0.29, 0.717) is 25.2 Å². The summed E-state index contributed by atoms with van der Waals surface area (Å²) in [5, 5.41) is 9.38. The van der Waals surface area contributed by atoms with Crippen LogP contribution in [-0.2, 0) is 6.54 Å². The Morgan fingerprint density at radius 2 is 1.63 bits per heavy atom. The van der Waals surface area contributed by atoms with Crippen molar-refractivity contribution in [3.63, 3.8) is 0 Å². The lowest BCUT2D eigenvalue weighted by atomic mass is 10.1. The SMILES string of the molecule is CCNC(=NCc1ccc(C)cc1)NCCNC(=O)c1cccc(C)c1.I. The van der Waals surface area contributed by atoms with Gasteiger partial charge >= 0.3 is 0 Å². The Kier molecular flexibility index (Phi) is 10.5. The van der Waals surface area contributed by atoms with Crippen LogP contribution in [0.5, 0.6) is 0 Å². The Bertz CT molecular complexity index is 744. The van der Waals surface area contributed by atoms with Crippen LogP contribution in [0.2, 0.25) is 0 Å². The van der Waals surface area contributed by atoms with Crippen molar-refractivity contribution in [3.05, 3.63) is 70.8 Å². The van der Waals surface area contributed by atoms with E-state index >= 15 is 0 Å². The first-order chi connectivity index (χ1) is 12.6. The third-order valence-corrected chi connectivity index (χ3v) is 3.87. The zero-order valence-electron chi connectivity index (χ0n) is 16.2. The van der Waals surface area contributed by atoms with Crippen molar-refractivity contribution in [2.75, 3.05) is 19.6 Å². The molecule has 0 unspecified atom stereocenters. The van der Waals surface area contributed by atoms with E-state index < -0.39 is 0 Å². The summed E-state index contributed by atoms with van der Waals surface area (Å²) in [7, 11) is 0. The van der Waals surface area contributed by atoms with Gasteiger partial charge in [0.25, 0.3) is 5.91 Å². The van der Waals surface area contributed by atoms with Gasteiger partial charge in [0.15, 0.2) is 5.96 Å². The predicted molar refractivity (Wildman–Crippen MR) is 123 cm³/mol. The number of halogens is 1. The van der Waals surface area contributed by atoms with Gasteiger partial charge < -0.3 is 16.0 Å². The summed E-state index contributed by atoms with van der Waals surface area (Å²) in [6.07, 6.45) is 0. The maximum absolute atomic E-state index is 12.1. The van der Waals surface area contributed by atoms with Crippen LogP contribution in [0.3, 0.4) is 0 Å². The molecule has 2 aromatic carbocycles. The fourth-order valence-electron chi connectivity index (χ4n) is 2.45. The highest BCUT2D eigenvalue weighted by molar-refractivity contribution is 14.0. The number of rotatable bonds is 7. The Balaban J connectivity index is 0.00000364. The summed E-state index contributed by atoms with van der Waals surface area (Å²) >= 11 is 0. The van der Waals surface area contributed by atoms with E-state index in [9.17, 15) is 4.79 Å². The molecule has 0 aliphatic heterocycles. The van der Waals surface area contributed by atoms with E-state index in [4.69, 9.17) is 0 Å². The summed E-state index contributed by atoms with van der Waals surface area (Å²) in [6.45, 7) is 8.62. The molecule has 0 heterocycles. The largest absolute Gasteiger partial charge is 0.357 e. The van der Waals surface area contributed by atoms with Crippen LogP contribution >= 0.6 is 24.0 Å². The molecule has 0 fully saturated rings. The maximum Gasteiger partial charge on any atom is 0.251 e. The van der Waals surface area contributed by atoms with Crippen molar-refractivity contribution in [2.24, 2.45) is 4.99 Å². The van der Waals surface area contributed by atoms with Crippen LogP contribution < -0.4 is 16.0 Å². The van der Waals surface area contributed by atoms with Crippen LogP contribution in [-0.4, -0.2) is 31.5 Å². The number of nitrogens with zero attached hydrogens (tertiary/aromatic N) is 1. The summed E-state index contributed by atoms with van der Waals surface area (Å²) in [5.41, 5.74) is 4.17. The van der Waals surface area contributed by atoms with Gasteiger partial charge in [-0.1, -0.05) is 47.5 Å². The molecule has 1 amide bonds. The summed E-state index contributed by atoms with van der Waals surface area (Å²) in [6, 6.07) is 15.9. The molecule has 0 saturated carbocycles. The quantitative estimate of drug-likeness (QED) is 0.246. The molecule has 6 heteroatoms. The molecule has 0 aliphatic carbocycles. The lowest BCUT2D eigenvalue weighted by Gasteiger charge is -2.12. The van der Waals surface area contributed by atoms with E-state index in [-0.39, 0.29) is 29.9 Å². The zero-order chi connectivity index (χ0) is 18.8. The Labute approximate surface area is 179 Å². The van der Waals surface area contributed by atoms with Gasteiger partial charge in [-0.2, -0.15) is 0 Å². The summed E-state index contributed by atoms with van der Waals surface area (Å²) < 4.78 is 0. The second-order valence-electron chi connectivity index (χ2n) is 6.23. The van der Waals surface area contributed by atoms with Crippen LogP contribution in [0.4, 0.5) is 0 Å². The molecule has 2 rings (SSSR count). The highest BCUT2D eigenvalue weighted by Gasteiger charge is 2.04. The van der Waals surface area contributed by atoms with Crippen LogP contribution in [0.1, 0.15) is 34.0 Å². The molecular formula is C21H29IN4O. The minimum Gasteiger partial charge on any atom is -0.357 e. The number of carbonyl (C=O) groups excluding carboxylic acids is 1. The summed E-state index contributed by atoms with van der Waals surface area (Å²) in [4.78, 5) is 16.7. The number of aryl methyl sites for hydroxylation is 2. The number of nitrogens with one attached hydrogen (secondary N) is 3. The van der Waals surface area contributed by atoms with Gasteiger partial charge in [0, 0.05) is 25.2 Å². The third-order valence-electron chi connectivity index (χ3n) is 3.87. The van der Waals surface area contributed by atoms with Crippen LogP contribution in [0.15, 0.2) is 53.5 Å². The van der Waals surface area contributed by atoms with Gasteiger partial charge in [-0.3, -0.25) is 4.79 Å². The van der Waals surface area contributed by atoms with Gasteiger partial charge in [0.2, 0.25) is 0 Å². The third kappa shape index (κ3) is 8.43. The average molecular weight is 480 g/mol. The van der Waals surface area contributed by atoms with Gasteiger partial charge in [-0.15, -0.1) is 24.0 Å². The van der Waals surface area contributed by atoms with E-state index in [2.05, 4.69) is 52.1 Å². The van der Waals surface area contributed by atoms with E-state index in [1.165, 1.54) is 11.1 Å². The number of hydrogen-bond donors (Lipinski definition) is 3. The van der Waals surface area contributed by atoms with Crippen molar-refractivity contribution < 1.29 is 4.79 Å². The second-order valence-corrected chi connectivity index (χ2v) is 6.23. The minimum absolute atomic E-state index is 0. The van der Waals surface area contributed by atoms with E-state index in [1.54, 1.807) is 0 Å². The molecule has 0 spiro atoms. The Morgan fingerprint density at radius 3 is 2.30 bits per heavy atom. The lowest BCUT2D eigenvalue weighted by molar-refractivity contribution is 0.0954. The molecule has 2 aromatic rings. The predicted octanol–water partition coefficient (Wildman–Crippen LogP) is 3.41. The number of benzene rings is 2. The molecule has 0 aromatic heterocycles. The zero-order valence-corrected chi connectivity index (χ0v) is 18.5. The number of amides is 1. The first-order valence-corrected chi connectivity index (χ1v) is 9.01. The normalized spacial score (nSPS) is 10.7. The highest BCUT2D eigenvalue weighted by atomic mass is 127. The highest BCUT2D eigenvalue weighted by Crippen LogP contribution is 2.04. The minimum atomic E-state index is -0.0582. The van der Waals surface area contributed by atoms with Gasteiger partial charge in [-0.25, -0.2) is 4.99 Å². The smallest absolute Gasteiger partial charge is 0.251 e. The monoisotopic (exact) mass is 480 g/mol. The van der Waals surface area contributed by atoms with Crippen molar-refractivity contribution in [1.29, 1.82) is 0 Å². The molecule has 146 valence electrons. The number of carbonyl (C=O) groups is 1. The number of guanidine groups is 1. The van der Waals surface area contributed by atoms with Gasteiger partial charge in [-0.05, 0) is 38.5 Å². The maximum atomic E-state index is 12.1. The van der Waals surface area contributed by atoms with Crippen LogP contribution in [0.25, 0.3) is 0 Å². The van der Waals surface area contributed by atoms with Gasteiger partial charge in [0.05, 0.1) is 6.54 Å². The molecule has 0 saturated heterocycles. The molecule has 0 aliphatic rings. The number of hydrogen-bond acceptors (Lipinski definition) is 2. The topological polar surface area (TPSA) is 65.5 Å². The second kappa shape index (κ2) is 12.3. The fourth-order valence-corrected chi connectivity index (χ4v) is 2.45. The molecule has 0 atom stereocenters. The van der Waals surface area contributed by atoms with Gasteiger partial charge in [0.1, 0.15) is 0 Å². The molecular weight excluding hydrogens is 451 g/mol. The van der Waals surface area contributed by atoms with Crippen molar-refractivity contribution in [2.45, 2.75) is 27.3 Å². The van der Waals surface area contributed by atoms with Crippen molar-refractivity contribution >= 4 is 35.8 Å². The fraction of sp³-hybridized carbons (Fsp3) is 0.333. The first-order valence-electron chi connectivity index (χ1n) is 9.01. The molecule has 0 bridgehead atoms. The number of aliphatic imine (C=N–C) groups is 1. The standard InChI is InChI=1S/C21H28N4O.HI/c1-4-22-21(25-15-18-10-8-16(2)9-11-18)24-13-12-23-20(26)19-7-5-6-17(3)14-19;/h5-11,14H,4,12-13,15H2,1-3H3,(H,23,26)(H2,22,24,25);1H. The molecule has 3 N–H and O–H groups in total. The lowest BCUT2D eigenvalue weighted by Crippen LogP contribution is -2.41. The van der Waals surface area contributed by atoms with Crippen LogP contribution in [0, 0.1) is 13.8 Å².